The highest BCUT2D eigenvalue weighted by molar-refractivity contribution is 5.90. The fraction of sp³-hybridized carbons (Fsp3) is 0.500. The van der Waals surface area contributed by atoms with Gasteiger partial charge < -0.3 is 0 Å². The van der Waals surface area contributed by atoms with Crippen LogP contribution in [0.5, 0.6) is 0 Å². The largest absolute Gasteiger partial charge is 0.299 e. The van der Waals surface area contributed by atoms with Crippen molar-refractivity contribution >= 4 is 5.78 Å². The number of carbonyl (C=O) groups is 1. The summed E-state index contributed by atoms with van der Waals surface area (Å²) in [7, 11) is 0. The molecule has 0 heterocycles. The van der Waals surface area contributed by atoms with Crippen LogP contribution in [-0.2, 0) is 4.79 Å². The lowest BCUT2D eigenvalue weighted by Gasteiger charge is -2.11. The van der Waals surface area contributed by atoms with E-state index in [-0.39, 0.29) is 0 Å². The Balaban J connectivity index is 1.95. The maximum Gasteiger partial charge on any atom is 0.137 e. The first-order chi connectivity index (χ1) is 7.29. The third kappa shape index (κ3) is 1.06. The average Bonchev–Trinajstić information content (AvgIpc) is 2.86. The van der Waals surface area contributed by atoms with Crippen LogP contribution < -0.4 is 0 Å². The highest BCUT2D eigenvalue weighted by Crippen LogP contribution is 2.73. The molecule has 2 fully saturated rings. The fourth-order valence-electron chi connectivity index (χ4n) is 3.62. The first-order valence-corrected chi connectivity index (χ1v) is 5.87. The van der Waals surface area contributed by atoms with Gasteiger partial charge in [0.25, 0.3) is 0 Å². The highest BCUT2D eigenvalue weighted by atomic mass is 16.1. The Morgan fingerprint density at radius 3 is 2.60 bits per heavy atom. The Morgan fingerprint density at radius 2 is 2.00 bits per heavy atom. The van der Waals surface area contributed by atoms with E-state index in [1.807, 2.05) is 6.07 Å². The van der Waals surface area contributed by atoms with E-state index in [0.29, 0.717) is 23.0 Å². The molecule has 0 aromatic heterocycles. The number of hydrogen-bond donors (Lipinski definition) is 0. The van der Waals surface area contributed by atoms with E-state index in [2.05, 4.69) is 31.2 Å². The molecular formula is C14H16O. The van der Waals surface area contributed by atoms with Crippen molar-refractivity contribution in [1.82, 2.24) is 0 Å². The molecule has 15 heavy (non-hydrogen) atoms. The van der Waals surface area contributed by atoms with Crippen molar-refractivity contribution < 1.29 is 4.79 Å². The van der Waals surface area contributed by atoms with Gasteiger partial charge in [-0.3, -0.25) is 4.79 Å². The van der Waals surface area contributed by atoms with Crippen LogP contribution in [0.2, 0.25) is 0 Å². The minimum atomic E-state index is 0.346. The molecule has 1 heteroatoms. The zero-order valence-corrected chi connectivity index (χ0v) is 9.07. The lowest BCUT2D eigenvalue weighted by molar-refractivity contribution is -0.119. The number of ketones is 1. The molecule has 0 amide bonds. The van der Waals surface area contributed by atoms with Crippen LogP contribution in [0.3, 0.4) is 0 Å². The Morgan fingerprint density at radius 1 is 1.27 bits per heavy atom. The number of carbonyl (C=O) groups excluding carboxylic acids is 1. The maximum absolute atomic E-state index is 11.8. The molecule has 0 saturated heterocycles. The Kier molecular flexibility index (Phi) is 1.79. The van der Waals surface area contributed by atoms with Gasteiger partial charge in [-0.25, -0.2) is 0 Å². The van der Waals surface area contributed by atoms with Crippen molar-refractivity contribution in [3.63, 3.8) is 0 Å². The van der Waals surface area contributed by atoms with Gasteiger partial charge in [0.05, 0.1) is 0 Å². The maximum atomic E-state index is 11.8. The smallest absolute Gasteiger partial charge is 0.137 e. The van der Waals surface area contributed by atoms with E-state index < -0.39 is 0 Å². The monoisotopic (exact) mass is 200 g/mol. The summed E-state index contributed by atoms with van der Waals surface area (Å²) in [5, 5.41) is 0. The van der Waals surface area contributed by atoms with Gasteiger partial charge in [-0.1, -0.05) is 37.3 Å². The summed E-state index contributed by atoms with van der Waals surface area (Å²) >= 11 is 0. The topological polar surface area (TPSA) is 17.1 Å². The molecule has 0 aliphatic heterocycles. The van der Waals surface area contributed by atoms with E-state index in [1.54, 1.807) is 0 Å². The number of rotatable bonds is 2. The summed E-state index contributed by atoms with van der Waals surface area (Å²) in [6, 6.07) is 10.6. The highest BCUT2D eigenvalue weighted by Gasteiger charge is 2.69. The number of hydrogen-bond acceptors (Lipinski definition) is 1. The van der Waals surface area contributed by atoms with Crippen LogP contribution in [0.15, 0.2) is 30.3 Å². The molecule has 3 rings (SSSR count). The van der Waals surface area contributed by atoms with E-state index in [1.165, 1.54) is 5.56 Å². The van der Waals surface area contributed by atoms with Gasteiger partial charge in [-0.15, -0.1) is 0 Å². The molecule has 3 atom stereocenters. The predicted molar refractivity (Wildman–Crippen MR) is 59.6 cm³/mol. The molecule has 0 radical (unpaired) electrons. The van der Waals surface area contributed by atoms with Gasteiger partial charge in [-0.2, -0.15) is 0 Å². The van der Waals surface area contributed by atoms with Crippen LogP contribution in [0, 0.1) is 11.3 Å². The van der Waals surface area contributed by atoms with Crippen molar-refractivity contribution in [2.75, 3.05) is 0 Å². The van der Waals surface area contributed by atoms with Crippen LogP contribution >= 0.6 is 0 Å². The first-order valence-electron chi connectivity index (χ1n) is 5.87. The zero-order valence-electron chi connectivity index (χ0n) is 9.07. The fourth-order valence-corrected chi connectivity index (χ4v) is 3.62. The van der Waals surface area contributed by atoms with Gasteiger partial charge in [0, 0.05) is 18.3 Å². The first kappa shape index (κ1) is 9.14. The van der Waals surface area contributed by atoms with E-state index >= 15 is 0 Å². The number of fused-ring (bicyclic) bond motifs is 1. The quantitative estimate of drug-likeness (QED) is 0.716. The van der Waals surface area contributed by atoms with Crippen molar-refractivity contribution in [3.8, 4) is 0 Å². The zero-order chi connectivity index (χ0) is 10.5. The molecule has 1 aromatic rings. The molecule has 0 spiro atoms. The molecular weight excluding hydrogens is 184 g/mol. The van der Waals surface area contributed by atoms with Crippen molar-refractivity contribution in [2.24, 2.45) is 11.3 Å². The van der Waals surface area contributed by atoms with Gasteiger partial charge in [-0.05, 0) is 23.8 Å². The molecule has 1 nitrogen and oxygen atoms in total. The Bertz CT molecular complexity index is 395. The lowest BCUT2D eigenvalue weighted by Crippen LogP contribution is -2.00. The van der Waals surface area contributed by atoms with Crippen LogP contribution in [-0.4, -0.2) is 5.78 Å². The summed E-state index contributed by atoms with van der Waals surface area (Å²) in [6.45, 7) is 2.23. The van der Waals surface area contributed by atoms with Crippen LogP contribution in [0.25, 0.3) is 0 Å². The summed E-state index contributed by atoms with van der Waals surface area (Å²) in [6.07, 6.45) is 3.09. The third-order valence-electron chi connectivity index (χ3n) is 4.46. The SMILES string of the molecule is CCC12CCC(=O)C1C2c1ccccc1. The average molecular weight is 200 g/mol. The summed E-state index contributed by atoms with van der Waals surface area (Å²) in [5.74, 6) is 1.39. The van der Waals surface area contributed by atoms with Crippen LogP contribution in [0.4, 0.5) is 0 Å². The second-order valence-corrected chi connectivity index (χ2v) is 4.92. The second-order valence-electron chi connectivity index (χ2n) is 4.92. The van der Waals surface area contributed by atoms with Crippen LogP contribution in [0.1, 0.15) is 37.7 Å². The standard InChI is InChI=1S/C14H16O/c1-2-14-9-8-11(15)13(14)12(14)10-6-4-3-5-7-10/h3-7,12-13H,2,8-9H2,1H3. The van der Waals surface area contributed by atoms with E-state index in [4.69, 9.17) is 0 Å². The predicted octanol–water partition coefficient (Wildman–Crippen LogP) is 3.16. The Hall–Kier alpha value is -1.11. The summed E-state index contributed by atoms with van der Waals surface area (Å²) in [4.78, 5) is 11.8. The van der Waals surface area contributed by atoms with E-state index in [0.717, 1.165) is 19.3 Å². The van der Waals surface area contributed by atoms with Gasteiger partial charge >= 0.3 is 0 Å². The van der Waals surface area contributed by atoms with E-state index in [9.17, 15) is 4.79 Å². The summed E-state index contributed by atoms with van der Waals surface area (Å²) < 4.78 is 0. The summed E-state index contributed by atoms with van der Waals surface area (Å²) in [5.41, 5.74) is 1.72. The molecule has 78 valence electrons. The minimum absolute atomic E-state index is 0.346. The molecule has 0 N–H and O–H groups in total. The molecule has 1 aromatic carbocycles. The second kappa shape index (κ2) is 2.94. The molecule has 0 bridgehead atoms. The molecule has 2 aliphatic rings. The molecule has 2 aliphatic carbocycles. The van der Waals surface area contributed by atoms with Crippen molar-refractivity contribution in [2.45, 2.75) is 32.1 Å². The third-order valence-corrected chi connectivity index (χ3v) is 4.46. The molecule has 3 unspecified atom stereocenters. The van der Waals surface area contributed by atoms with Gasteiger partial charge in [0.1, 0.15) is 5.78 Å². The van der Waals surface area contributed by atoms with Gasteiger partial charge in [0.2, 0.25) is 0 Å². The number of Topliss-reactive ketones (excluding diaryl/α,β-unsaturated/α-hetero) is 1. The molecule has 2 saturated carbocycles. The lowest BCUT2D eigenvalue weighted by atomic mass is 9.93. The van der Waals surface area contributed by atoms with Crippen molar-refractivity contribution in [1.29, 1.82) is 0 Å². The van der Waals surface area contributed by atoms with Crippen molar-refractivity contribution in [3.05, 3.63) is 35.9 Å². The Labute approximate surface area is 90.5 Å². The normalized spacial score (nSPS) is 37.8. The van der Waals surface area contributed by atoms with Gasteiger partial charge in [0.15, 0.2) is 0 Å². The minimum Gasteiger partial charge on any atom is -0.299 e. The number of benzene rings is 1.